The number of benzene rings is 1. The minimum atomic E-state index is -5.11. The minimum Gasteiger partial charge on any atom is -0.323 e. The van der Waals surface area contributed by atoms with Gasteiger partial charge in [-0.25, -0.2) is 0 Å². The molecule has 19 heavy (non-hydrogen) atoms. The highest BCUT2D eigenvalue weighted by Gasteiger charge is 2.45. The van der Waals surface area contributed by atoms with Crippen LogP contribution in [0.2, 0.25) is 0 Å². The molecule has 0 saturated heterocycles. The molecule has 0 N–H and O–H groups in total. The third-order valence-electron chi connectivity index (χ3n) is 2.45. The third kappa shape index (κ3) is 2.59. The zero-order valence-corrected chi connectivity index (χ0v) is 9.18. The second-order valence-corrected chi connectivity index (χ2v) is 3.71. The fourth-order valence-electron chi connectivity index (χ4n) is 1.73. The van der Waals surface area contributed by atoms with E-state index in [1.165, 1.54) is 12.3 Å². The minimum absolute atomic E-state index is 0.416. The van der Waals surface area contributed by atoms with Gasteiger partial charge in [0.15, 0.2) is 0 Å². The Morgan fingerprint density at radius 1 is 0.947 bits per heavy atom. The SMILES string of the molecule is FC(F)(F)c1cccc(-n2c[c]cc2)c1C(F)(F)F. The molecular formula is C12H6F6N. The first kappa shape index (κ1) is 13.5. The predicted molar refractivity (Wildman–Crippen MR) is 54.6 cm³/mol. The molecule has 1 heterocycles. The number of halogens is 6. The quantitative estimate of drug-likeness (QED) is 0.685. The lowest BCUT2D eigenvalue weighted by Crippen LogP contribution is -2.19. The standard InChI is InChI=1S/C12H6F6N/c13-11(14,15)8-4-3-5-9(10(8)12(16,17)18)19-6-1-2-7-19/h1,3-7H. The van der Waals surface area contributed by atoms with Crippen molar-refractivity contribution in [1.82, 2.24) is 4.57 Å². The summed E-state index contributed by atoms with van der Waals surface area (Å²) in [6.45, 7) is 0. The topological polar surface area (TPSA) is 4.93 Å². The number of alkyl halides is 6. The van der Waals surface area contributed by atoms with Gasteiger partial charge in [0.05, 0.1) is 16.8 Å². The van der Waals surface area contributed by atoms with Crippen molar-refractivity contribution in [3.8, 4) is 5.69 Å². The fraction of sp³-hybridized carbons (Fsp3) is 0.167. The van der Waals surface area contributed by atoms with Crippen LogP contribution in [0.3, 0.4) is 0 Å². The molecule has 0 bridgehead atoms. The molecule has 1 aromatic carbocycles. The summed E-state index contributed by atoms with van der Waals surface area (Å²) in [5.41, 5.74) is -3.98. The molecule has 1 radical (unpaired) electrons. The summed E-state index contributed by atoms with van der Waals surface area (Å²) >= 11 is 0. The summed E-state index contributed by atoms with van der Waals surface area (Å²) in [6.07, 6.45) is -7.85. The van der Waals surface area contributed by atoms with Gasteiger partial charge in [-0.15, -0.1) is 0 Å². The second kappa shape index (κ2) is 4.32. The Bertz CT molecular complexity index is 565. The van der Waals surface area contributed by atoms with E-state index < -0.39 is 29.2 Å². The largest absolute Gasteiger partial charge is 0.419 e. The second-order valence-electron chi connectivity index (χ2n) is 3.71. The average molecular weight is 278 g/mol. The van der Waals surface area contributed by atoms with E-state index in [0.29, 0.717) is 6.07 Å². The van der Waals surface area contributed by atoms with Gasteiger partial charge in [-0.05, 0) is 18.2 Å². The molecule has 2 aromatic rings. The molecule has 1 nitrogen and oxygen atoms in total. The van der Waals surface area contributed by atoms with Crippen LogP contribution >= 0.6 is 0 Å². The highest BCUT2D eigenvalue weighted by Crippen LogP contribution is 2.43. The molecule has 0 saturated carbocycles. The van der Waals surface area contributed by atoms with Gasteiger partial charge in [-0.3, -0.25) is 0 Å². The molecule has 101 valence electrons. The molecule has 0 amide bonds. The maximum absolute atomic E-state index is 12.9. The summed E-state index contributed by atoms with van der Waals surface area (Å²) in [5, 5.41) is 0. The lowest BCUT2D eigenvalue weighted by Gasteiger charge is -2.19. The number of aromatic nitrogens is 1. The van der Waals surface area contributed by atoms with Crippen LogP contribution in [0.1, 0.15) is 11.1 Å². The van der Waals surface area contributed by atoms with E-state index >= 15 is 0 Å². The summed E-state index contributed by atoms with van der Waals surface area (Å²) < 4.78 is 77.7. The van der Waals surface area contributed by atoms with Crippen molar-refractivity contribution >= 4 is 0 Å². The van der Waals surface area contributed by atoms with Crippen LogP contribution in [-0.4, -0.2) is 4.57 Å². The first-order valence-corrected chi connectivity index (χ1v) is 5.03. The number of rotatable bonds is 1. The van der Waals surface area contributed by atoms with Crippen LogP contribution in [0, 0.1) is 6.07 Å². The van der Waals surface area contributed by atoms with Crippen molar-refractivity contribution in [2.24, 2.45) is 0 Å². The van der Waals surface area contributed by atoms with E-state index in [2.05, 4.69) is 6.07 Å². The van der Waals surface area contributed by atoms with Gasteiger partial charge in [0.25, 0.3) is 0 Å². The molecule has 0 fully saturated rings. The molecule has 2 rings (SSSR count). The Hall–Kier alpha value is -1.92. The van der Waals surface area contributed by atoms with Gasteiger partial charge in [-0.2, -0.15) is 26.3 Å². The van der Waals surface area contributed by atoms with Crippen LogP contribution in [0.4, 0.5) is 26.3 Å². The molecule has 0 spiro atoms. The number of nitrogens with zero attached hydrogens (tertiary/aromatic N) is 1. The summed E-state index contributed by atoms with van der Waals surface area (Å²) in [6, 6.07) is 6.12. The van der Waals surface area contributed by atoms with E-state index in [1.807, 2.05) is 0 Å². The molecule has 0 aliphatic heterocycles. The van der Waals surface area contributed by atoms with Gasteiger partial charge in [0.2, 0.25) is 0 Å². The summed E-state index contributed by atoms with van der Waals surface area (Å²) in [7, 11) is 0. The van der Waals surface area contributed by atoms with Crippen LogP contribution in [0.25, 0.3) is 5.69 Å². The van der Waals surface area contributed by atoms with E-state index in [-0.39, 0.29) is 0 Å². The average Bonchev–Trinajstić information content (AvgIpc) is 2.79. The molecular weight excluding hydrogens is 272 g/mol. The highest BCUT2D eigenvalue weighted by atomic mass is 19.4. The first-order chi connectivity index (χ1) is 8.71. The van der Waals surface area contributed by atoms with Crippen LogP contribution < -0.4 is 0 Å². The lowest BCUT2D eigenvalue weighted by molar-refractivity contribution is -0.162. The van der Waals surface area contributed by atoms with Gasteiger partial charge in [0, 0.05) is 18.5 Å². The van der Waals surface area contributed by atoms with Crippen molar-refractivity contribution in [3.05, 3.63) is 53.9 Å². The molecule has 0 atom stereocenters. The van der Waals surface area contributed by atoms with Crippen molar-refractivity contribution < 1.29 is 26.3 Å². The molecule has 0 unspecified atom stereocenters. The van der Waals surface area contributed by atoms with E-state index in [4.69, 9.17) is 0 Å². The number of hydrogen-bond acceptors (Lipinski definition) is 0. The van der Waals surface area contributed by atoms with Gasteiger partial charge < -0.3 is 4.57 Å². The molecule has 1 aromatic heterocycles. The smallest absolute Gasteiger partial charge is 0.323 e. The fourth-order valence-corrected chi connectivity index (χ4v) is 1.73. The molecule has 0 aliphatic carbocycles. The summed E-state index contributed by atoms with van der Waals surface area (Å²) in [4.78, 5) is 0. The third-order valence-corrected chi connectivity index (χ3v) is 2.45. The highest BCUT2D eigenvalue weighted by molar-refractivity contribution is 5.49. The van der Waals surface area contributed by atoms with E-state index in [9.17, 15) is 26.3 Å². The Balaban J connectivity index is 2.76. The van der Waals surface area contributed by atoms with Crippen molar-refractivity contribution in [2.75, 3.05) is 0 Å². The molecule has 0 aliphatic rings. The Labute approximate surface area is 104 Å². The van der Waals surface area contributed by atoms with Gasteiger partial charge in [0.1, 0.15) is 0 Å². The van der Waals surface area contributed by atoms with Crippen LogP contribution in [0.5, 0.6) is 0 Å². The van der Waals surface area contributed by atoms with E-state index in [1.54, 1.807) is 0 Å². The van der Waals surface area contributed by atoms with Crippen molar-refractivity contribution in [2.45, 2.75) is 12.4 Å². The Morgan fingerprint density at radius 3 is 2.11 bits per heavy atom. The van der Waals surface area contributed by atoms with Crippen LogP contribution in [-0.2, 0) is 12.4 Å². The van der Waals surface area contributed by atoms with E-state index in [0.717, 1.165) is 22.9 Å². The maximum Gasteiger partial charge on any atom is 0.419 e. The summed E-state index contributed by atoms with van der Waals surface area (Å²) in [5.74, 6) is 0. The van der Waals surface area contributed by atoms with Crippen molar-refractivity contribution in [1.29, 1.82) is 0 Å². The predicted octanol–water partition coefficient (Wildman–Crippen LogP) is 4.32. The van der Waals surface area contributed by atoms with Gasteiger partial charge in [-0.1, -0.05) is 6.07 Å². The normalized spacial score (nSPS) is 12.7. The Kier molecular flexibility index (Phi) is 3.07. The zero-order chi connectivity index (χ0) is 14.3. The lowest BCUT2D eigenvalue weighted by atomic mass is 10.0. The monoisotopic (exact) mass is 278 g/mol. The Morgan fingerprint density at radius 2 is 1.63 bits per heavy atom. The van der Waals surface area contributed by atoms with Crippen molar-refractivity contribution in [3.63, 3.8) is 0 Å². The first-order valence-electron chi connectivity index (χ1n) is 5.03. The van der Waals surface area contributed by atoms with Crippen LogP contribution in [0.15, 0.2) is 36.7 Å². The maximum atomic E-state index is 12.9. The number of hydrogen-bond donors (Lipinski definition) is 0. The zero-order valence-electron chi connectivity index (χ0n) is 9.18. The molecule has 7 heteroatoms. The van der Waals surface area contributed by atoms with Gasteiger partial charge >= 0.3 is 12.4 Å².